The Labute approximate surface area is 123 Å². The van der Waals surface area contributed by atoms with Crippen molar-refractivity contribution in [3.05, 3.63) is 28.3 Å². The summed E-state index contributed by atoms with van der Waals surface area (Å²) in [6, 6.07) is 2.91. The fraction of sp³-hybridized carbons (Fsp3) is 0.571. The number of hydrogen-bond acceptors (Lipinski definition) is 2. The van der Waals surface area contributed by atoms with Crippen LogP contribution in [0.15, 0.2) is 12.1 Å². The maximum atomic E-state index is 12.8. The molecular weight excluding hydrogens is 284 g/mol. The zero-order chi connectivity index (χ0) is 15.3. The van der Waals surface area contributed by atoms with Gasteiger partial charge in [-0.25, -0.2) is 8.78 Å². The van der Waals surface area contributed by atoms with Crippen molar-refractivity contribution in [2.45, 2.75) is 52.2 Å². The van der Waals surface area contributed by atoms with Crippen molar-refractivity contribution < 1.29 is 18.1 Å². The van der Waals surface area contributed by atoms with Gasteiger partial charge in [-0.05, 0) is 52.2 Å². The van der Waals surface area contributed by atoms with Gasteiger partial charge < -0.3 is 9.31 Å². The highest BCUT2D eigenvalue weighted by Gasteiger charge is 2.52. The third kappa shape index (κ3) is 2.59. The summed E-state index contributed by atoms with van der Waals surface area (Å²) in [5.74, 6) is 0. The monoisotopic (exact) mass is 302 g/mol. The molecule has 1 aliphatic heterocycles. The minimum absolute atomic E-state index is 0.0373. The molecule has 0 spiro atoms. The van der Waals surface area contributed by atoms with Crippen LogP contribution in [0.25, 0.3) is 0 Å². The van der Waals surface area contributed by atoms with Crippen LogP contribution in [0.2, 0.25) is 5.02 Å². The molecule has 0 unspecified atom stereocenters. The SMILES string of the molecule is Cc1cc(C(F)F)c(Cl)cc1B1OC(C)(C)C(C)(C)O1. The number of rotatable bonds is 2. The molecule has 2 rings (SSSR count). The summed E-state index contributed by atoms with van der Waals surface area (Å²) in [5.41, 5.74) is 0.265. The van der Waals surface area contributed by atoms with Crippen molar-refractivity contribution in [3.8, 4) is 0 Å². The van der Waals surface area contributed by atoms with E-state index in [-0.39, 0.29) is 10.6 Å². The van der Waals surface area contributed by atoms with Crippen molar-refractivity contribution >= 4 is 24.2 Å². The third-order valence-corrected chi connectivity index (χ3v) is 4.45. The van der Waals surface area contributed by atoms with Gasteiger partial charge in [0.15, 0.2) is 0 Å². The highest BCUT2D eigenvalue weighted by molar-refractivity contribution is 6.63. The second-order valence-corrected chi connectivity index (χ2v) is 6.53. The van der Waals surface area contributed by atoms with Gasteiger partial charge >= 0.3 is 7.12 Å². The van der Waals surface area contributed by atoms with Crippen molar-refractivity contribution in [2.75, 3.05) is 0 Å². The molecule has 0 atom stereocenters. The quantitative estimate of drug-likeness (QED) is 0.772. The predicted octanol–water partition coefficient (Wildman–Crippen LogP) is 3.89. The molecule has 6 heteroatoms. The van der Waals surface area contributed by atoms with Crippen LogP contribution < -0.4 is 5.46 Å². The van der Waals surface area contributed by atoms with E-state index in [1.165, 1.54) is 12.1 Å². The number of aryl methyl sites for hydroxylation is 1. The van der Waals surface area contributed by atoms with Crippen LogP contribution in [0.4, 0.5) is 8.78 Å². The fourth-order valence-electron chi connectivity index (χ4n) is 2.11. The van der Waals surface area contributed by atoms with Gasteiger partial charge in [0.1, 0.15) is 0 Å². The van der Waals surface area contributed by atoms with Crippen molar-refractivity contribution in [1.82, 2.24) is 0 Å². The first-order valence-electron chi connectivity index (χ1n) is 6.49. The van der Waals surface area contributed by atoms with E-state index in [9.17, 15) is 8.78 Å². The average molecular weight is 303 g/mol. The Hall–Kier alpha value is -0.645. The normalized spacial score (nSPS) is 20.8. The minimum atomic E-state index is -2.59. The number of benzene rings is 1. The summed E-state index contributed by atoms with van der Waals surface area (Å²) >= 11 is 5.93. The first-order valence-corrected chi connectivity index (χ1v) is 6.87. The zero-order valence-electron chi connectivity index (χ0n) is 12.3. The molecule has 110 valence electrons. The molecular formula is C14H18BClF2O2. The van der Waals surface area contributed by atoms with Crippen LogP contribution >= 0.6 is 11.6 Å². The molecule has 0 saturated carbocycles. The first-order chi connectivity index (χ1) is 9.05. The molecule has 1 aromatic rings. The lowest BCUT2D eigenvalue weighted by Crippen LogP contribution is -2.41. The lowest BCUT2D eigenvalue weighted by atomic mass is 9.76. The summed E-state index contributed by atoms with van der Waals surface area (Å²) < 4.78 is 37.5. The van der Waals surface area contributed by atoms with E-state index >= 15 is 0 Å². The number of halogens is 3. The smallest absolute Gasteiger partial charge is 0.399 e. The molecule has 1 saturated heterocycles. The van der Waals surface area contributed by atoms with Crippen LogP contribution in [0, 0.1) is 6.92 Å². The Morgan fingerprint density at radius 1 is 1.10 bits per heavy atom. The molecule has 2 nitrogen and oxygen atoms in total. The Bertz CT molecular complexity index is 516. The topological polar surface area (TPSA) is 18.5 Å². The van der Waals surface area contributed by atoms with Crippen LogP contribution in [-0.2, 0) is 9.31 Å². The van der Waals surface area contributed by atoms with E-state index in [0.717, 1.165) is 0 Å². The average Bonchev–Trinajstić information content (AvgIpc) is 2.50. The van der Waals surface area contributed by atoms with Gasteiger partial charge in [-0.15, -0.1) is 0 Å². The Morgan fingerprint density at radius 3 is 2.05 bits per heavy atom. The molecule has 0 aliphatic carbocycles. The van der Waals surface area contributed by atoms with E-state index in [4.69, 9.17) is 20.9 Å². The summed E-state index contributed by atoms with van der Waals surface area (Å²) in [7, 11) is -0.593. The Balaban J connectivity index is 2.39. The number of hydrogen-bond donors (Lipinski definition) is 0. The van der Waals surface area contributed by atoms with Gasteiger partial charge in [0.05, 0.1) is 11.2 Å². The summed E-state index contributed by atoms with van der Waals surface area (Å²) in [6.45, 7) is 9.52. The van der Waals surface area contributed by atoms with E-state index in [0.29, 0.717) is 11.0 Å². The van der Waals surface area contributed by atoms with Crippen LogP contribution in [0.5, 0.6) is 0 Å². The molecule has 1 aliphatic rings. The fourth-order valence-corrected chi connectivity index (χ4v) is 2.36. The number of alkyl halides is 2. The maximum absolute atomic E-state index is 12.8. The second-order valence-electron chi connectivity index (χ2n) is 6.12. The maximum Gasteiger partial charge on any atom is 0.495 e. The van der Waals surface area contributed by atoms with Gasteiger partial charge in [0, 0.05) is 10.6 Å². The molecule has 1 aromatic carbocycles. The van der Waals surface area contributed by atoms with Gasteiger partial charge in [-0.1, -0.05) is 17.2 Å². The molecule has 0 radical (unpaired) electrons. The van der Waals surface area contributed by atoms with E-state index in [2.05, 4.69) is 0 Å². The molecule has 20 heavy (non-hydrogen) atoms. The standard InChI is InChI=1S/C14H18BClF2O2/c1-8-6-9(12(17)18)11(16)7-10(8)15-19-13(2,3)14(4,5)20-15/h6-7,12H,1-5H3. The lowest BCUT2D eigenvalue weighted by molar-refractivity contribution is 0.00578. The van der Waals surface area contributed by atoms with Crippen molar-refractivity contribution in [2.24, 2.45) is 0 Å². The van der Waals surface area contributed by atoms with E-state index < -0.39 is 24.7 Å². The van der Waals surface area contributed by atoms with Gasteiger partial charge in [0.2, 0.25) is 0 Å². The summed E-state index contributed by atoms with van der Waals surface area (Å²) in [6.07, 6.45) is -2.59. The Kier molecular flexibility index (Phi) is 3.91. The Morgan fingerprint density at radius 2 is 1.60 bits per heavy atom. The van der Waals surface area contributed by atoms with Crippen LogP contribution in [0.1, 0.15) is 45.2 Å². The molecule has 0 bridgehead atoms. The minimum Gasteiger partial charge on any atom is -0.399 e. The highest BCUT2D eigenvalue weighted by atomic mass is 35.5. The van der Waals surface area contributed by atoms with Gasteiger partial charge in [0.25, 0.3) is 6.43 Å². The van der Waals surface area contributed by atoms with Crippen LogP contribution in [0.3, 0.4) is 0 Å². The van der Waals surface area contributed by atoms with E-state index in [1.807, 2.05) is 27.7 Å². The molecule has 0 aromatic heterocycles. The highest BCUT2D eigenvalue weighted by Crippen LogP contribution is 2.37. The van der Waals surface area contributed by atoms with Crippen LogP contribution in [-0.4, -0.2) is 18.3 Å². The molecule has 0 amide bonds. The van der Waals surface area contributed by atoms with Gasteiger partial charge in [-0.3, -0.25) is 0 Å². The summed E-state index contributed by atoms with van der Waals surface area (Å²) in [5, 5.41) is 0.0373. The molecule has 0 N–H and O–H groups in total. The molecule has 1 fully saturated rings. The van der Waals surface area contributed by atoms with Crippen molar-refractivity contribution in [1.29, 1.82) is 0 Å². The van der Waals surface area contributed by atoms with E-state index in [1.54, 1.807) is 6.92 Å². The third-order valence-electron chi connectivity index (χ3n) is 4.13. The summed E-state index contributed by atoms with van der Waals surface area (Å²) in [4.78, 5) is 0. The van der Waals surface area contributed by atoms with Gasteiger partial charge in [-0.2, -0.15) is 0 Å². The predicted molar refractivity (Wildman–Crippen MR) is 76.9 cm³/mol. The lowest BCUT2D eigenvalue weighted by Gasteiger charge is -2.32. The first kappa shape index (κ1) is 15.7. The largest absolute Gasteiger partial charge is 0.495 e. The second kappa shape index (κ2) is 4.97. The molecule has 1 heterocycles. The zero-order valence-corrected chi connectivity index (χ0v) is 13.0. The van der Waals surface area contributed by atoms with Crippen molar-refractivity contribution in [3.63, 3.8) is 0 Å².